The van der Waals surface area contributed by atoms with Crippen molar-refractivity contribution in [3.63, 3.8) is 0 Å². The summed E-state index contributed by atoms with van der Waals surface area (Å²) in [6.07, 6.45) is 0.216. The molecule has 2 fully saturated rings. The summed E-state index contributed by atoms with van der Waals surface area (Å²) < 4.78 is 67.8. The van der Waals surface area contributed by atoms with E-state index in [4.69, 9.17) is 5.73 Å². The molecule has 2 aliphatic heterocycles. The standard InChI is InChI=1S/C23H25F3N3O3S/c1-14-2-4-18(5-3-14)33(31,32)28-12-15-6-7-29(22(15)13-28)23(30)10-17(27)8-16-9-20(25)21(26)11-19(16)24/h2-5,9,11,15,17,22,27H,6-8,10,12-13H2,1H3/t15-,17+,22+/m0/s1. The lowest BCUT2D eigenvalue weighted by molar-refractivity contribution is -0.132. The van der Waals surface area contributed by atoms with Crippen LogP contribution in [-0.4, -0.2) is 55.2 Å². The average molecular weight is 481 g/mol. The molecule has 0 unspecified atom stereocenters. The van der Waals surface area contributed by atoms with Crippen LogP contribution in [0.1, 0.15) is 24.0 Å². The van der Waals surface area contributed by atoms with Crippen molar-refractivity contribution >= 4 is 15.9 Å². The highest BCUT2D eigenvalue weighted by Crippen LogP contribution is 2.35. The van der Waals surface area contributed by atoms with Gasteiger partial charge in [0.2, 0.25) is 15.9 Å². The number of benzene rings is 2. The molecule has 0 bridgehead atoms. The number of carbonyl (C=O) groups is 1. The fourth-order valence-electron chi connectivity index (χ4n) is 4.67. The molecule has 0 aromatic heterocycles. The number of halogens is 3. The molecule has 10 heteroatoms. The van der Waals surface area contributed by atoms with Crippen molar-refractivity contribution < 1.29 is 26.4 Å². The molecule has 0 aliphatic carbocycles. The molecule has 1 amide bonds. The predicted octanol–water partition coefficient (Wildman–Crippen LogP) is 2.92. The van der Waals surface area contributed by atoms with Gasteiger partial charge in [-0.25, -0.2) is 21.6 Å². The second kappa shape index (κ2) is 9.08. The molecule has 1 radical (unpaired) electrons. The zero-order valence-corrected chi connectivity index (χ0v) is 18.9. The fourth-order valence-corrected chi connectivity index (χ4v) is 6.19. The Bertz CT molecular complexity index is 1160. The highest BCUT2D eigenvalue weighted by Gasteiger charge is 2.46. The summed E-state index contributed by atoms with van der Waals surface area (Å²) in [5, 5.41) is 0. The minimum absolute atomic E-state index is 0.0157. The normalized spacial score (nSPS) is 21.9. The molecule has 2 saturated heterocycles. The summed E-state index contributed by atoms with van der Waals surface area (Å²) >= 11 is 0. The molecule has 1 N–H and O–H groups in total. The summed E-state index contributed by atoms with van der Waals surface area (Å²) in [6, 6.07) is 6.47. The van der Waals surface area contributed by atoms with Crippen molar-refractivity contribution in [3.8, 4) is 0 Å². The number of nitrogens with one attached hydrogen (secondary N) is 1. The van der Waals surface area contributed by atoms with Gasteiger partial charge < -0.3 is 4.90 Å². The van der Waals surface area contributed by atoms with Gasteiger partial charge in [0.25, 0.3) is 0 Å². The Morgan fingerprint density at radius 2 is 1.76 bits per heavy atom. The van der Waals surface area contributed by atoms with Gasteiger partial charge in [-0.2, -0.15) is 4.31 Å². The summed E-state index contributed by atoms with van der Waals surface area (Å²) in [5.74, 6) is -3.76. The van der Waals surface area contributed by atoms with Crippen LogP contribution in [0.4, 0.5) is 13.2 Å². The highest BCUT2D eigenvalue weighted by molar-refractivity contribution is 7.89. The molecule has 177 valence electrons. The van der Waals surface area contributed by atoms with Gasteiger partial charge in [0, 0.05) is 44.2 Å². The number of nitrogens with zero attached hydrogens (tertiary/aromatic N) is 2. The van der Waals surface area contributed by atoms with Gasteiger partial charge in [-0.1, -0.05) is 17.7 Å². The van der Waals surface area contributed by atoms with Crippen LogP contribution in [0, 0.1) is 30.3 Å². The maximum Gasteiger partial charge on any atom is 0.243 e. The van der Waals surface area contributed by atoms with Crippen molar-refractivity contribution in [2.24, 2.45) is 5.92 Å². The average Bonchev–Trinajstić information content (AvgIpc) is 3.33. The van der Waals surface area contributed by atoms with E-state index in [-0.39, 0.29) is 47.7 Å². The molecular weight excluding hydrogens is 455 g/mol. The van der Waals surface area contributed by atoms with E-state index in [1.54, 1.807) is 29.2 Å². The SMILES string of the molecule is Cc1ccc(S(=O)(=O)N2C[C@@H]3CCN(C(=O)C[C@H]([NH])Cc4cc(F)c(F)cc4F)[C@@H]3C2)cc1. The molecule has 4 rings (SSSR count). The minimum atomic E-state index is -3.67. The van der Waals surface area contributed by atoms with Crippen LogP contribution in [-0.2, 0) is 21.2 Å². The Labute approximate surface area is 191 Å². The zero-order valence-electron chi connectivity index (χ0n) is 18.1. The lowest BCUT2D eigenvalue weighted by Gasteiger charge is -2.26. The molecule has 3 atom stereocenters. The number of amides is 1. The van der Waals surface area contributed by atoms with Gasteiger partial charge in [-0.05, 0) is 49.4 Å². The van der Waals surface area contributed by atoms with Crippen molar-refractivity contribution in [1.82, 2.24) is 14.9 Å². The van der Waals surface area contributed by atoms with E-state index in [9.17, 15) is 26.4 Å². The van der Waals surface area contributed by atoms with Crippen LogP contribution in [0.15, 0.2) is 41.3 Å². The molecule has 2 aliphatic rings. The van der Waals surface area contributed by atoms with E-state index in [0.717, 1.165) is 5.56 Å². The van der Waals surface area contributed by atoms with Gasteiger partial charge in [0.1, 0.15) is 5.82 Å². The van der Waals surface area contributed by atoms with Crippen molar-refractivity contribution in [3.05, 3.63) is 65.0 Å². The van der Waals surface area contributed by atoms with Gasteiger partial charge in [-0.3, -0.25) is 10.5 Å². The van der Waals surface area contributed by atoms with E-state index < -0.39 is 33.5 Å². The lowest BCUT2D eigenvalue weighted by Crippen LogP contribution is -2.42. The number of fused-ring (bicyclic) bond motifs is 1. The van der Waals surface area contributed by atoms with Gasteiger partial charge in [0.05, 0.1) is 4.90 Å². The Hall–Kier alpha value is -2.43. The molecule has 33 heavy (non-hydrogen) atoms. The first-order valence-electron chi connectivity index (χ1n) is 10.8. The number of carbonyl (C=O) groups excluding carboxylic acids is 1. The quantitative estimate of drug-likeness (QED) is 0.597. The van der Waals surface area contributed by atoms with Gasteiger partial charge in [-0.15, -0.1) is 0 Å². The van der Waals surface area contributed by atoms with E-state index in [0.29, 0.717) is 31.6 Å². The predicted molar refractivity (Wildman–Crippen MR) is 115 cm³/mol. The molecule has 6 nitrogen and oxygen atoms in total. The topological polar surface area (TPSA) is 81.5 Å². The van der Waals surface area contributed by atoms with Crippen LogP contribution in [0.5, 0.6) is 0 Å². The largest absolute Gasteiger partial charge is 0.338 e. The number of hydrogen-bond acceptors (Lipinski definition) is 3. The first kappa shape index (κ1) is 23.7. The maximum absolute atomic E-state index is 13.9. The van der Waals surface area contributed by atoms with Crippen molar-refractivity contribution in [2.45, 2.75) is 43.2 Å². The molecule has 2 heterocycles. The maximum atomic E-state index is 13.9. The monoisotopic (exact) mass is 480 g/mol. The van der Waals surface area contributed by atoms with Crippen LogP contribution in [0.25, 0.3) is 0 Å². The highest BCUT2D eigenvalue weighted by atomic mass is 32.2. The zero-order chi connectivity index (χ0) is 23.9. The first-order chi connectivity index (χ1) is 15.6. The third-order valence-electron chi connectivity index (χ3n) is 6.47. The second-order valence-corrected chi connectivity index (χ2v) is 10.7. The molecular formula is C23H25F3N3O3S. The molecule has 2 aromatic carbocycles. The van der Waals surface area contributed by atoms with E-state index in [2.05, 4.69) is 0 Å². The first-order valence-corrected chi connectivity index (χ1v) is 12.2. The third kappa shape index (κ3) is 4.78. The number of hydrogen-bond donors (Lipinski definition) is 0. The summed E-state index contributed by atoms with van der Waals surface area (Å²) in [4.78, 5) is 14.7. The number of rotatable bonds is 6. The van der Waals surface area contributed by atoms with Gasteiger partial charge in [0.15, 0.2) is 11.6 Å². The fraction of sp³-hybridized carbons (Fsp3) is 0.435. The number of aryl methyl sites for hydroxylation is 1. The minimum Gasteiger partial charge on any atom is -0.338 e. The van der Waals surface area contributed by atoms with Crippen molar-refractivity contribution in [1.29, 1.82) is 0 Å². The smallest absolute Gasteiger partial charge is 0.243 e. The van der Waals surface area contributed by atoms with Crippen LogP contribution >= 0.6 is 0 Å². The van der Waals surface area contributed by atoms with Crippen LogP contribution in [0.3, 0.4) is 0 Å². The van der Waals surface area contributed by atoms with E-state index in [1.807, 2.05) is 6.92 Å². The van der Waals surface area contributed by atoms with Crippen molar-refractivity contribution in [2.75, 3.05) is 19.6 Å². The molecule has 0 saturated carbocycles. The van der Waals surface area contributed by atoms with E-state index in [1.165, 1.54) is 4.31 Å². The third-order valence-corrected chi connectivity index (χ3v) is 8.32. The lowest BCUT2D eigenvalue weighted by atomic mass is 10.0. The Morgan fingerprint density at radius 1 is 1.09 bits per heavy atom. The van der Waals surface area contributed by atoms with Crippen LogP contribution in [0.2, 0.25) is 0 Å². The summed E-state index contributed by atoms with van der Waals surface area (Å²) in [5.41, 5.74) is 8.95. The molecule has 2 aromatic rings. The number of likely N-dealkylation sites (tertiary alicyclic amines) is 1. The Balaban J connectivity index is 1.40. The van der Waals surface area contributed by atoms with Crippen LogP contribution < -0.4 is 5.73 Å². The summed E-state index contributed by atoms with van der Waals surface area (Å²) in [6.45, 7) is 2.86. The van der Waals surface area contributed by atoms with E-state index >= 15 is 0 Å². The number of sulfonamides is 1. The molecule has 0 spiro atoms. The summed E-state index contributed by atoms with van der Waals surface area (Å²) in [7, 11) is -3.67. The second-order valence-electron chi connectivity index (χ2n) is 8.80. The Morgan fingerprint density at radius 3 is 2.45 bits per heavy atom. The van der Waals surface area contributed by atoms with Gasteiger partial charge >= 0.3 is 0 Å². The Kier molecular flexibility index (Phi) is 6.52.